The van der Waals surface area contributed by atoms with Gasteiger partial charge in [-0.25, -0.2) is 4.98 Å². The molecule has 0 amide bonds. The minimum Gasteiger partial charge on any atom is -0.383 e. The molecule has 0 bridgehead atoms. The predicted octanol–water partition coefficient (Wildman–Crippen LogP) is 0.429. The van der Waals surface area contributed by atoms with Gasteiger partial charge in [-0.15, -0.1) is 0 Å². The van der Waals surface area contributed by atoms with Gasteiger partial charge in [-0.1, -0.05) is 0 Å². The lowest BCUT2D eigenvalue weighted by Gasteiger charge is -2.05. The highest BCUT2D eigenvalue weighted by molar-refractivity contribution is 7.71. The normalized spacial score (nSPS) is 11.0. The molecule has 0 fully saturated rings. The smallest absolute Gasteiger partial charge is 0.277 e. The first-order chi connectivity index (χ1) is 7.24. The van der Waals surface area contributed by atoms with E-state index in [0.29, 0.717) is 29.1 Å². The second-order valence-electron chi connectivity index (χ2n) is 3.00. The van der Waals surface area contributed by atoms with Crippen molar-refractivity contribution >= 4 is 23.4 Å². The van der Waals surface area contributed by atoms with Gasteiger partial charge in [0.05, 0.1) is 19.5 Å². The molecule has 2 aromatic rings. The van der Waals surface area contributed by atoms with Crippen molar-refractivity contribution in [3.05, 3.63) is 21.5 Å². The molecule has 15 heavy (non-hydrogen) atoms. The summed E-state index contributed by atoms with van der Waals surface area (Å²) in [4.78, 5) is 20.8. The van der Waals surface area contributed by atoms with Crippen molar-refractivity contribution in [3.63, 3.8) is 0 Å². The first-order valence-corrected chi connectivity index (χ1v) is 4.80. The Kier molecular flexibility index (Phi) is 2.65. The highest BCUT2D eigenvalue weighted by atomic mass is 32.1. The minimum absolute atomic E-state index is 0.249. The van der Waals surface area contributed by atoms with Crippen LogP contribution in [-0.4, -0.2) is 33.2 Å². The van der Waals surface area contributed by atoms with Crippen LogP contribution in [0.2, 0.25) is 0 Å². The van der Waals surface area contributed by atoms with Gasteiger partial charge in [0.25, 0.3) is 5.56 Å². The fraction of sp³-hybridized carbons (Fsp3) is 0.375. The van der Waals surface area contributed by atoms with Gasteiger partial charge in [0.1, 0.15) is 5.52 Å². The van der Waals surface area contributed by atoms with Crippen molar-refractivity contribution in [2.24, 2.45) is 0 Å². The second kappa shape index (κ2) is 3.95. The zero-order valence-electron chi connectivity index (χ0n) is 8.11. The molecular weight excluding hydrogens is 216 g/mol. The molecule has 0 radical (unpaired) electrons. The Bertz CT molecular complexity index is 582. The van der Waals surface area contributed by atoms with Gasteiger partial charge < -0.3 is 9.72 Å². The average Bonchev–Trinajstić information content (AvgIpc) is 2.66. The number of nitrogens with zero attached hydrogens (tertiary/aromatic N) is 2. The van der Waals surface area contributed by atoms with Gasteiger partial charge in [-0.05, 0) is 12.2 Å². The Balaban J connectivity index is 2.66. The van der Waals surface area contributed by atoms with E-state index in [9.17, 15) is 4.79 Å². The number of imidazole rings is 1. The van der Waals surface area contributed by atoms with Crippen molar-refractivity contribution in [2.45, 2.75) is 6.54 Å². The third-order valence-corrected chi connectivity index (χ3v) is 2.41. The molecule has 2 heterocycles. The van der Waals surface area contributed by atoms with E-state index in [-0.39, 0.29) is 5.56 Å². The van der Waals surface area contributed by atoms with Crippen molar-refractivity contribution in [3.8, 4) is 0 Å². The monoisotopic (exact) mass is 226 g/mol. The Morgan fingerprint density at radius 3 is 3.20 bits per heavy atom. The summed E-state index contributed by atoms with van der Waals surface area (Å²) in [6.07, 6.45) is 1.47. The van der Waals surface area contributed by atoms with Crippen molar-refractivity contribution in [2.75, 3.05) is 13.7 Å². The molecule has 0 aromatic carbocycles. The lowest BCUT2D eigenvalue weighted by atomic mass is 10.5. The zero-order valence-corrected chi connectivity index (χ0v) is 8.93. The summed E-state index contributed by atoms with van der Waals surface area (Å²) in [5.41, 5.74) is 0.738. The van der Waals surface area contributed by atoms with Crippen molar-refractivity contribution in [1.82, 2.24) is 19.5 Å². The van der Waals surface area contributed by atoms with Crippen LogP contribution in [0.4, 0.5) is 0 Å². The Labute approximate surface area is 89.9 Å². The SMILES string of the molecule is COCCn1c(=S)[nH]c(=O)c2[nH]cnc21. The van der Waals surface area contributed by atoms with Gasteiger partial charge >= 0.3 is 0 Å². The first-order valence-electron chi connectivity index (χ1n) is 4.39. The summed E-state index contributed by atoms with van der Waals surface area (Å²) in [5, 5.41) is 0. The number of ether oxygens (including phenoxy) is 1. The van der Waals surface area contributed by atoms with Crippen LogP contribution in [0.3, 0.4) is 0 Å². The molecule has 7 heteroatoms. The molecule has 0 aliphatic carbocycles. The first kappa shape index (κ1) is 10.1. The highest BCUT2D eigenvalue weighted by Gasteiger charge is 2.06. The number of aromatic amines is 2. The summed E-state index contributed by atoms with van der Waals surface area (Å²) in [6, 6.07) is 0. The van der Waals surface area contributed by atoms with Crippen LogP contribution in [0.15, 0.2) is 11.1 Å². The van der Waals surface area contributed by atoms with Crippen LogP contribution in [0.1, 0.15) is 0 Å². The third-order valence-electron chi connectivity index (χ3n) is 2.09. The maximum absolute atomic E-state index is 11.4. The van der Waals surface area contributed by atoms with E-state index in [1.54, 1.807) is 11.7 Å². The maximum Gasteiger partial charge on any atom is 0.277 e. The summed E-state index contributed by atoms with van der Waals surface area (Å²) in [6.45, 7) is 1.08. The number of hydrogen-bond donors (Lipinski definition) is 2. The third kappa shape index (κ3) is 1.71. The fourth-order valence-corrected chi connectivity index (χ4v) is 1.64. The fourth-order valence-electron chi connectivity index (χ4n) is 1.37. The topological polar surface area (TPSA) is 75.7 Å². The quantitative estimate of drug-likeness (QED) is 0.744. The zero-order chi connectivity index (χ0) is 10.8. The molecule has 0 saturated heterocycles. The molecule has 6 nitrogen and oxygen atoms in total. The number of hydrogen-bond acceptors (Lipinski definition) is 4. The summed E-state index contributed by atoms with van der Waals surface area (Å²) < 4.78 is 7.05. The Morgan fingerprint density at radius 2 is 2.47 bits per heavy atom. The number of fused-ring (bicyclic) bond motifs is 1. The Morgan fingerprint density at radius 1 is 1.67 bits per heavy atom. The molecule has 0 unspecified atom stereocenters. The van der Waals surface area contributed by atoms with Gasteiger partial charge in [0.15, 0.2) is 10.4 Å². The standard InChI is InChI=1S/C8H10N4O2S/c1-14-3-2-12-6-5(9-4-10-6)7(13)11-8(12)15/h4H,2-3H2,1H3,(H,9,10)(H,11,13,15). The largest absolute Gasteiger partial charge is 0.383 e. The van der Waals surface area contributed by atoms with Crippen LogP contribution < -0.4 is 5.56 Å². The van der Waals surface area contributed by atoms with E-state index >= 15 is 0 Å². The van der Waals surface area contributed by atoms with Gasteiger partial charge in [-0.2, -0.15) is 0 Å². The van der Waals surface area contributed by atoms with Gasteiger partial charge in [-0.3, -0.25) is 14.3 Å². The molecule has 80 valence electrons. The molecule has 2 aromatic heterocycles. The van der Waals surface area contributed by atoms with Crippen LogP contribution in [-0.2, 0) is 11.3 Å². The van der Waals surface area contributed by atoms with Crippen molar-refractivity contribution in [1.29, 1.82) is 0 Å². The molecule has 2 N–H and O–H groups in total. The van der Waals surface area contributed by atoms with E-state index in [2.05, 4.69) is 15.0 Å². The van der Waals surface area contributed by atoms with E-state index in [1.807, 2.05) is 0 Å². The Hall–Kier alpha value is -1.47. The van der Waals surface area contributed by atoms with Gasteiger partial charge in [0, 0.05) is 7.11 Å². The van der Waals surface area contributed by atoms with E-state index in [1.165, 1.54) is 6.33 Å². The molecule has 2 rings (SSSR count). The van der Waals surface area contributed by atoms with E-state index < -0.39 is 0 Å². The average molecular weight is 226 g/mol. The molecule has 0 saturated carbocycles. The van der Waals surface area contributed by atoms with Crippen LogP contribution in [0.5, 0.6) is 0 Å². The second-order valence-corrected chi connectivity index (χ2v) is 3.39. The van der Waals surface area contributed by atoms with Crippen LogP contribution in [0, 0.1) is 4.77 Å². The number of rotatable bonds is 3. The summed E-state index contributed by atoms with van der Waals surface area (Å²) in [7, 11) is 1.61. The number of nitrogens with one attached hydrogen (secondary N) is 2. The number of aromatic nitrogens is 4. The van der Waals surface area contributed by atoms with Gasteiger partial charge in [0.2, 0.25) is 0 Å². The molecule has 0 spiro atoms. The lowest BCUT2D eigenvalue weighted by Crippen LogP contribution is -2.16. The van der Waals surface area contributed by atoms with E-state index in [0.717, 1.165) is 0 Å². The maximum atomic E-state index is 11.4. The van der Waals surface area contributed by atoms with E-state index in [4.69, 9.17) is 17.0 Å². The number of methoxy groups -OCH3 is 1. The molecule has 0 aliphatic rings. The van der Waals surface area contributed by atoms with Crippen LogP contribution >= 0.6 is 12.2 Å². The number of H-pyrrole nitrogens is 2. The minimum atomic E-state index is -0.249. The predicted molar refractivity (Wildman–Crippen MR) is 57.4 cm³/mol. The van der Waals surface area contributed by atoms with Crippen LogP contribution in [0.25, 0.3) is 11.2 Å². The summed E-state index contributed by atoms with van der Waals surface area (Å²) in [5.74, 6) is 0. The molecule has 0 aliphatic heterocycles. The van der Waals surface area contributed by atoms with Crippen molar-refractivity contribution < 1.29 is 4.74 Å². The summed E-state index contributed by atoms with van der Waals surface area (Å²) >= 11 is 5.04. The molecule has 0 atom stereocenters. The lowest BCUT2D eigenvalue weighted by molar-refractivity contribution is 0.187. The highest BCUT2D eigenvalue weighted by Crippen LogP contribution is 2.03. The molecular formula is C8H10N4O2S.